The van der Waals surface area contributed by atoms with Crippen LogP contribution in [0.1, 0.15) is 44.1 Å². The fourth-order valence-electron chi connectivity index (χ4n) is 3.68. The summed E-state index contributed by atoms with van der Waals surface area (Å²) in [4.78, 5) is 3.36. The molecule has 3 N–H and O–H groups in total. The molecule has 0 bridgehead atoms. The van der Waals surface area contributed by atoms with Gasteiger partial charge in [0, 0.05) is 28.0 Å². The molecule has 20 heavy (non-hydrogen) atoms. The van der Waals surface area contributed by atoms with Gasteiger partial charge in [-0.3, -0.25) is 0 Å². The highest BCUT2D eigenvalue weighted by molar-refractivity contribution is 6.31. The Hall–Kier alpha value is -0.990. The van der Waals surface area contributed by atoms with E-state index in [1.165, 1.54) is 36.6 Å². The summed E-state index contributed by atoms with van der Waals surface area (Å²) in [5.74, 6) is 2.05. The number of hydrogen-bond acceptors (Lipinski definition) is 1. The van der Waals surface area contributed by atoms with E-state index in [1.807, 2.05) is 6.07 Å². The lowest BCUT2D eigenvalue weighted by molar-refractivity contribution is 0.256. The van der Waals surface area contributed by atoms with Gasteiger partial charge in [0.15, 0.2) is 0 Å². The molecule has 108 valence electrons. The minimum absolute atomic E-state index is 0.453. The van der Waals surface area contributed by atoms with Crippen LogP contribution < -0.4 is 5.73 Å². The van der Waals surface area contributed by atoms with E-state index in [1.54, 1.807) is 0 Å². The summed E-state index contributed by atoms with van der Waals surface area (Å²) >= 11 is 6.16. The smallest absolute Gasteiger partial charge is 0.0457 e. The first kappa shape index (κ1) is 14.0. The van der Waals surface area contributed by atoms with E-state index in [4.69, 9.17) is 17.3 Å². The molecular formula is C17H23ClN2. The molecule has 1 aromatic heterocycles. The lowest BCUT2D eigenvalue weighted by Gasteiger charge is -2.32. The van der Waals surface area contributed by atoms with Crippen molar-refractivity contribution in [3.8, 4) is 0 Å². The molecule has 1 atom stereocenters. The second-order valence-electron chi connectivity index (χ2n) is 6.30. The number of aromatic nitrogens is 1. The van der Waals surface area contributed by atoms with Crippen LogP contribution >= 0.6 is 11.6 Å². The van der Waals surface area contributed by atoms with Gasteiger partial charge in [-0.1, -0.05) is 31.4 Å². The van der Waals surface area contributed by atoms with Crippen molar-refractivity contribution in [2.75, 3.05) is 6.54 Å². The van der Waals surface area contributed by atoms with Crippen LogP contribution in [0.25, 0.3) is 10.9 Å². The van der Waals surface area contributed by atoms with Crippen molar-refractivity contribution >= 4 is 22.5 Å². The van der Waals surface area contributed by atoms with E-state index in [2.05, 4.69) is 30.2 Å². The van der Waals surface area contributed by atoms with E-state index in [0.29, 0.717) is 11.8 Å². The fraction of sp³-hybridized carbons (Fsp3) is 0.529. The lowest BCUT2D eigenvalue weighted by Crippen LogP contribution is -2.25. The molecule has 0 saturated heterocycles. The van der Waals surface area contributed by atoms with E-state index in [-0.39, 0.29) is 0 Å². The molecule has 1 aliphatic carbocycles. The van der Waals surface area contributed by atoms with Crippen molar-refractivity contribution in [3.63, 3.8) is 0 Å². The number of benzene rings is 1. The van der Waals surface area contributed by atoms with Gasteiger partial charge in [-0.05, 0) is 55.0 Å². The predicted molar refractivity (Wildman–Crippen MR) is 86.2 cm³/mol. The molecule has 1 aliphatic rings. The van der Waals surface area contributed by atoms with E-state index in [9.17, 15) is 0 Å². The van der Waals surface area contributed by atoms with Gasteiger partial charge in [0.05, 0.1) is 0 Å². The van der Waals surface area contributed by atoms with Crippen LogP contribution in [0.4, 0.5) is 0 Å². The zero-order valence-corrected chi connectivity index (χ0v) is 12.8. The summed E-state index contributed by atoms with van der Waals surface area (Å²) in [6.45, 7) is 3.08. The van der Waals surface area contributed by atoms with Crippen LogP contribution in [0.15, 0.2) is 24.4 Å². The number of hydrogen-bond donors (Lipinski definition) is 2. The molecule has 1 aromatic carbocycles. The Morgan fingerprint density at radius 2 is 2.05 bits per heavy atom. The van der Waals surface area contributed by atoms with Gasteiger partial charge in [-0.2, -0.15) is 0 Å². The normalized spacial score (nSPS) is 24.9. The van der Waals surface area contributed by atoms with E-state index < -0.39 is 0 Å². The van der Waals surface area contributed by atoms with Crippen molar-refractivity contribution in [2.24, 2.45) is 17.6 Å². The van der Waals surface area contributed by atoms with Crippen LogP contribution in [0.3, 0.4) is 0 Å². The number of rotatable bonds is 3. The Bertz CT molecular complexity index is 582. The average molecular weight is 291 g/mol. The topological polar surface area (TPSA) is 41.8 Å². The Morgan fingerprint density at radius 3 is 2.75 bits per heavy atom. The Morgan fingerprint density at radius 1 is 1.30 bits per heavy atom. The number of halogens is 1. The summed E-state index contributed by atoms with van der Waals surface area (Å²) in [5.41, 5.74) is 8.62. The maximum atomic E-state index is 6.16. The second-order valence-corrected chi connectivity index (χ2v) is 6.73. The van der Waals surface area contributed by atoms with Crippen molar-refractivity contribution in [1.29, 1.82) is 0 Å². The molecule has 3 rings (SSSR count). The number of H-pyrrole nitrogens is 1. The van der Waals surface area contributed by atoms with Crippen molar-refractivity contribution in [3.05, 3.63) is 35.0 Å². The van der Waals surface area contributed by atoms with Gasteiger partial charge >= 0.3 is 0 Å². The van der Waals surface area contributed by atoms with Crippen LogP contribution in [0.2, 0.25) is 5.02 Å². The highest BCUT2D eigenvalue weighted by Gasteiger charge is 2.27. The first-order valence-electron chi connectivity index (χ1n) is 7.65. The zero-order valence-electron chi connectivity index (χ0n) is 12.0. The summed E-state index contributed by atoms with van der Waals surface area (Å²) < 4.78 is 0. The Labute approximate surface area is 125 Å². The van der Waals surface area contributed by atoms with Crippen LogP contribution in [0.5, 0.6) is 0 Å². The minimum atomic E-state index is 0.453. The summed E-state index contributed by atoms with van der Waals surface area (Å²) in [6.07, 6.45) is 7.41. The molecule has 2 aromatic rings. The van der Waals surface area contributed by atoms with E-state index in [0.717, 1.165) is 23.0 Å². The number of nitrogens with two attached hydrogens (primary N) is 1. The molecule has 1 saturated carbocycles. The zero-order chi connectivity index (χ0) is 14.1. The highest BCUT2D eigenvalue weighted by Crippen LogP contribution is 2.40. The minimum Gasteiger partial charge on any atom is -0.361 e. The third-order valence-corrected chi connectivity index (χ3v) is 5.19. The van der Waals surface area contributed by atoms with Gasteiger partial charge in [0.1, 0.15) is 0 Å². The van der Waals surface area contributed by atoms with Gasteiger partial charge in [0.2, 0.25) is 0 Å². The van der Waals surface area contributed by atoms with Crippen LogP contribution in [-0.4, -0.2) is 11.5 Å². The second kappa shape index (κ2) is 5.79. The number of nitrogens with one attached hydrogen (secondary N) is 1. The maximum absolute atomic E-state index is 6.16. The van der Waals surface area contributed by atoms with Crippen molar-refractivity contribution in [2.45, 2.75) is 38.5 Å². The molecule has 0 amide bonds. The standard InChI is InChI=1S/C17H23ClN2/c1-11-2-4-12(5-3-11)15(9-19)16-10-20-17-7-6-13(18)8-14(16)17/h6-8,10-12,15,20H,2-5,9,19H2,1H3. The average Bonchev–Trinajstić information content (AvgIpc) is 2.85. The van der Waals surface area contributed by atoms with Crippen LogP contribution in [0, 0.1) is 11.8 Å². The van der Waals surface area contributed by atoms with Gasteiger partial charge in [-0.25, -0.2) is 0 Å². The Kier molecular flexibility index (Phi) is 4.04. The molecule has 1 heterocycles. The first-order valence-corrected chi connectivity index (χ1v) is 8.03. The Balaban J connectivity index is 1.93. The summed E-state index contributed by atoms with van der Waals surface area (Å²) in [5, 5.41) is 2.04. The van der Waals surface area contributed by atoms with Gasteiger partial charge in [-0.15, -0.1) is 0 Å². The van der Waals surface area contributed by atoms with Gasteiger partial charge < -0.3 is 10.7 Å². The molecule has 0 spiro atoms. The molecule has 1 fully saturated rings. The quantitative estimate of drug-likeness (QED) is 0.846. The highest BCUT2D eigenvalue weighted by atomic mass is 35.5. The SMILES string of the molecule is CC1CCC(C(CN)c2c[nH]c3ccc(Cl)cc23)CC1. The molecule has 0 aliphatic heterocycles. The monoisotopic (exact) mass is 290 g/mol. The lowest BCUT2D eigenvalue weighted by atomic mass is 9.74. The number of fused-ring (bicyclic) bond motifs is 1. The van der Waals surface area contributed by atoms with Crippen molar-refractivity contribution in [1.82, 2.24) is 4.98 Å². The van der Waals surface area contributed by atoms with E-state index >= 15 is 0 Å². The molecular weight excluding hydrogens is 268 g/mol. The predicted octanol–water partition coefficient (Wildman–Crippen LogP) is 4.69. The third kappa shape index (κ3) is 2.59. The first-order chi connectivity index (χ1) is 9.69. The molecule has 0 radical (unpaired) electrons. The summed E-state index contributed by atoms with van der Waals surface area (Å²) in [6, 6.07) is 6.05. The largest absolute Gasteiger partial charge is 0.361 e. The third-order valence-electron chi connectivity index (χ3n) is 4.96. The fourth-order valence-corrected chi connectivity index (χ4v) is 3.85. The van der Waals surface area contributed by atoms with Gasteiger partial charge in [0.25, 0.3) is 0 Å². The van der Waals surface area contributed by atoms with Crippen molar-refractivity contribution < 1.29 is 0 Å². The van der Waals surface area contributed by atoms with Crippen LogP contribution in [-0.2, 0) is 0 Å². The summed E-state index contributed by atoms with van der Waals surface area (Å²) in [7, 11) is 0. The molecule has 1 unspecified atom stereocenters. The number of aromatic amines is 1. The molecule has 2 nitrogen and oxygen atoms in total. The molecule has 3 heteroatoms. The maximum Gasteiger partial charge on any atom is 0.0457 e.